The quantitative estimate of drug-likeness (QED) is 0.845. The van der Waals surface area contributed by atoms with E-state index in [1.54, 1.807) is 6.07 Å². The van der Waals surface area contributed by atoms with Gasteiger partial charge in [0.2, 0.25) is 0 Å². The summed E-state index contributed by atoms with van der Waals surface area (Å²) >= 11 is 0. The van der Waals surface area contributed by atoms with Gasteiger partial charge in [-0.1, -0.05) is 6.07 Å². The Balaban J connectivity index is 2.01. The molecule has 0 aromatic heterocycles. The summed E-state index contributed by atoms with van der Waals surface area (Å²) in [6.07, 6.45) is 3.10. The Morgan fingerprint density at radius 1 is 1.42 bits per heavy atom. The van der Waals surface area contributed by atoms with Crippen LogP contribution >= 0.6 is 0 Å². The predicted molar refractivity (Wildman–Crippen MR) is 74.4 cm³/mol. The van der Waals surface area contributed by atoms with Gasteiger partial charge in [-0.05, 0) is 43.4 Å². The van der Waals surface area contributed by atoms with Crippen LogP contribution in [0.5, 0.6) is 0 Å². The smallest absolute Gasteiger partial charge is 0.337 e. The highest BCUT2D eigenvalue weighted by Gasteiger charge is 2.19. The summed E-state index contributed by atoms with van der Waals surface area (Å²) in [5, 5.41) is 8.96. The Labute approximate surface area is 114 Å². The highest BCUT2D eigenvalue weighted by atomic mass is 16.5. The van der Waals surface area contributed by atoms with Crippen LogP contribution in [0.4, 0.5) is 5.69 Å². The highest BCUT2D eigenvalue weighted by Crippen LogP contribution is 2.25. The number of nitrogens with zero attached hydrogens (tertiary/aromatic N) is 1. The summed E-state index contributed by atoms with van der Waals surface area (Å²) in [4.78, 5) is 13.8. The number of hydrogen-bond acceptors (Lipinski definition) is 4. The van der Waals surface area contributed by atoms with Crippen molar-refractivity contribution in [2.45, 2.75) is 19.3 Å². The van der Waals surface area contributed by atoms with Gasteiger partial charge in [0.05, 0.1) is 12.7 Å². The van der Waals surface area contributed by atoms with E-state index in [0.29, 0.717) is 11.5 Å². The highest BCUT2D eigenvalue weighted by molar-refractivity contribution is 5.90. The number of anilines is 1. The molecule has 0 unspecified atom stereocenters. The van der Waals surface area contributed by atoms with E-state index in [-0.39, 0.29) is 12.6 Å². The van der Waals surface area contributed by atoms with Crippen molar-refractivity contribution in [2.75, 3.05) is 31.7 Å². The lowest BCUT2D eigenvalue weighted by atomic mass is 9.93. The van der Waals surface area contributed by atoms with Crippen molar-refractivity contribution in [3.8, 4) is 0 Å². The minimum Gasteiger partial charge on any atom is -0.465 e. The third kappa shape index (κ3) is 3.47. The van der Waals surface area contributed by atoms with E-state index in [1.807, 2.05) is 18.2 Å². The van der Waals surface area contributed by atoms with Crippen molar-refractivity contribution in [3.05, 3.63) is 29.8 Å². The van der Waals surface area contributed by atoms with E-state index in [1.165, 1.54) is 7.11 Å². The second kappa shape index (κ2) is 6.57. The molecule has 1 heterocycles. The molecule has 0 saturated carbocycles. The lowest BCUT2D eigenvalue weighted by molar-refractivity contribution is 0.0600. The Bertz CT molecular complexity index is 425. The fourth-order valence-electron chi connectivity index (χ4n) is 2.61. The fourth-order valence-corrected chi connectivity index (χ4v) is 2.61. The number of ether oxygens (including phenoxy) is 1. The molecule has 104 valence electrons. The lowest BCUT2D eigenvalue weighted by Gasteiger charge is -2.33. The Kier molecular flexibility index (Phi) is 4.80. The molecule has 1 aromatic rings. The molecule has 0 bridgehead atoms. The molecule has 1 N–H and O–H groups in total. The minimum atomic E-state index is -0.294. The first-order valence-corrected chi connectivity index (χ1v) is 6.78. The molecule has 1 fully saturated rings. The minimum absolute atomic E-state index is 0.280. The molecule has 2 rings (SSSR count). The van der Waals surface area contributed by atoms with Gasteiger partial charge < -0.3 is 14.7 Å². The average molecular weight is 263 g/mol. The van der Waals surface area contributed by atoms with E-state index < -0.39 is 0 Å². The number of aliphatic hydroxyl groups excluding tert-OH is 1. The predicted octanol–water partition coefficient (Wildman–Crippen LogP) is 2.07. The van der Waals surface area contributed by atoms with Crippen molar-refractivity contribution >= 4 is 11.7 Å². The second-order valence-corrected chi connectivity index (χ2v) is 4.98. The Hall–Kier alpha value is -1.55. The van der Waals surface area contributed by atoms with Gasteiger partial charge >= 0.3 is 5.97 Å². The number of carbonyl (C=O) groups excluding carboxylic acids is 1. The third-order valence-electron chi connectivity index (χ3n) is 3.78. The van der Waals surface area contributed by atoms with Gasteiger partial charge in [-0.2, -0.15) is 0 Å². The molecule has 0 aliphatic carbocycles. The number of esters is 1. The van der Waals surface area contributed by atoms with E-state index in [9.17, 15) is 4.79 Å². The van der Waals surface area contributed by atoms with Gasteiger partial charge in [0, 0.05) is 25.4 Å². The van der Waals surface area contributed by atoms with Crippen LogP contribution in [-0.2, 0) is 4.74 Å². The number of carbonyl (C=O) groups is 1. The zero-order chi connectivity index (χ0) is 13.7. The number of aliphatic hydroxyl groups is 1. The molecule has 4 nitrogen and oxygen atoms in total. The van der Waals surface area contributed by atoms with E-state index in [2.05, 4.69) is 4.90 Å². The molecule has 0 spiro atoms. The van der Waals surface area contributed by atoms with Crippen LogP contribution in [0.25, 0.3) is 0 Å². The summed E-state index contributed by atoms with van der Waals surface area (Å²) in [7, 11) is 1.40. The zero-order valence-corrected chi connectivity index (χ0v) is 11.3. The van der Waals surface area contributed by atoms with Crippen LogP contribution in [0.2, 0.25) is 0 Å². The maximum absolute atomic E-state index is 11.5. The molecule has 1 aliphatic rings. The topological polar surface area (TPSA) is 49.8 Å². The van der Waals surface area contributed by atoms with Crippen molar-refractivity contribution in [1.82, 2.24) is 0 Å². The molecule has 1 aromatic carbocycles. The van der Waals surface area contributed by atoms with Crippen LogP contribution in [0, 0.1) is 5.92 Å². The van der Waals surface area contributed by atoms with Gasteiger partial charge in [-0.15, -0.1) is 0 Å². The normalized spacial score (nSPS) is 16.4. The lowest BCUT2D eigenvalue weighted by Crippen LogP contribution is -2.34. The number of hydrogen-bond donors (Lipinski definition) is 1. The van der Waals surface area contributed by atoms with Crippen LogP contribution in [0.3, 0.4) is 0 Å². The summed E-state index contributed by atoms with van der Waals surface area (Å²) < 4.78 is 4.74. The molecular formula is C15H21NO3. The van der Waals surface area contributed by atoms with Crippen LogP contribution in [-0.4, -0.2) is 37.9 Å². The first-order chi connectivity index (χ1) is 9.24. The number of methoxy groups -OCH3 is 1. The second-order valence-electron chi connectivity index (χ2n) is 4.98. The first kappa shape index (κ1) is 13.9. The SMILES string of the molecule is COC(=O)c1cccc(N2CCC(CCO)CC2)c1. The maximum atomic E-state index is 11.5. The van der Waals surface area contributed by atoms with Gasteiger partial charge in [0.1, 0.15) is 0 Å². The number of piperidine rings is 1. The molecule has 1 aliphatic heterocycles. The van der Waals surface area contributed by atoms with Crippen molar-refractivity contribution < 1.29 is 14.6 Å². The number of benzene rings is 1. The van der Waals surface area contributed by atoms with E-state index in [4.69, 9.17) is 9.84 Å². The van der Waals surface area contributed by atoms with Gasteiger partial charge in [-0.3, -0.25) is 0 Å². The fraction of sp³-hybridized carbons (Fsp3) is 0.533. The largest absolute Gasteiger partial charge is 0.465 e. The maximum Gasteiger partial charge on any atom is 0.337 e. The van der Waals surface area contributed by atoms with Gasteiger partial charge in [0.25, 0.3) is 0 Å². The average Bonchev–Trinajstić information content (AvgIpc) is 2.48. The zero-order valence-electron chi connectivity index (χ0n) is 11.3. The van der Waals surface area contributed by atoms with E-state index >= 15 is 0 Å². The standard InChI is InChI=1S/C15H21NO3/c1-19-15(18)13-3-2-4-14(11-13)16-8-5-12(6-9-16)7-10-17/h2-4,11-12,17H,5-10H2,1H3. The van der Waals surface area contributed by atoms with Crippen molar-refractivity contribution in [2.24, 2.45) is 5.92 Å². The van der Waals surface area contributed by atoms with E-state index in [0.717, 1.165) is 38.0 Å². The molecule has 0 atom stereocenters. The molecule has 19 heavy (non-hydrogen) atoms. The summed E-state index contributed by atoms with van der Waals surface area (Å²) in [5.41, 5.74) is 1.67. The van der Waals surface area contributed by atoms with Crippen LogP contribution in [0.1, 0.15) is 29.6 Å². The monoisotopic (exact) mass is 263 g/mol. The first-order valence-electron chi connectivity index (χ1n) is 6.78. The Morgan fingerprint density at radius 3 is 2.79 bits per heavy atom. The van der Waals surface area contributed by atoms with Crippen molar-refractivity contribution in [3.63, 3.8) is 0 Å². The summed E-state index contributed by atoms with van der Waals surface area (Å²) in [6, 6.07) is 7.58. The Morgan fingerprint density at radius 2 is 2.16 bits per heavy atom. The van der Waals surface area contributed by atoms with Crippen LogP contribution < -0.4 is 4.90 Å². The molecule has 0 radical (unpaired) electrons. The number of rotatable bonds is 4. The third-order valence-corrected chi connectivity index (χ3v) is 3.78. The van der Waals surface area contributed by atoms with Gasteiger partial charge in [0.15, 0.2) is 0 Å². The molecule has 1 saturated heterocycles. The van der Waals surface area contributed by atoms with Gasteiger partial charge in [-0.25, -0.2) is 4.79 Å². The molecule has 0 amide bonds. The summed E-state index contributed by atoms with van der Waals surface area (Å²) in [5.74, 6) is 0.335. The molecule has 4 heteroatoms. The van der Waals surface area contributed by atoms with Crippen molar-refractivity contribution in [1.29, 1.82) is 0 Å². The summed E-state index contributed by atoms with van der Waals surface area (Å²) in [6.45, 7) is 2.24. The van der Waals surface area contributed by atoms with Crippen LogP contribution in [0.15, 0.2) is 24.3 Å². The molecular weight excluding hydrogens is 242 g/mol.